The van der Waals surface area contributed by atoms with Crippen LogP contribution >= 0.6 is 0 Å². The summed E-state index contributed by atoms with van der Waals surface area (Å²) in [5.41, 5.74) is 0. The highest BCUT2D eigenvalue weighted by atomic mass is 16.5. The van der Waals surface area contributed by atoms with Crippen LogP contribution in [-0.4, -0.2) is 72.9 Å². The van der Waals surface area contributed by atoms with Gasteiger partial charge in [-0.15, -0.1) is 0 Å². The van der Waals surface area contributed by atoms with E-state index in [1.165, 1.54) is 19.3 Å². The van der Waals surface area contributed by atoms with Crippen molar-refractivity contribution in [3.05, 3.63) is 0 Å². The summed E-state index contributed by atoms with van der Waals surface area (Å²) in [6.45, 7) is 9.99. The van der Waals surface area contributed by atoms with Gasteiger partial charge in [-0.2, -0.15) is 0 Å². The number of β-amino-alcohol motifs (C(OH)–C–C–N with tert-alkyl or cyclic N) is 1. The minimum atomic E-state index is -0.199. The molecule has 0 aromatic rings. The summed E-state index contributed by atoms with van der Waals surface area (Å²) in [5.74, 6) is 0.297. The van der Waals surface area contributed by atoms with Crippen LogP contribution in [0.5, 0.6) is 0 Å². The Morgan fingerprint density at radius 1 is 1.04 bits per heavy atom. The number of unbranched alkanes of at least 4 members (excludes halogenated alkanes) is 5. The van der Waals surface area contributed by atoms with Crippen LogP contribution in [0.4, 0.5) is 0 Å². The number of rotatable bonds is 13. The van der Waals surface area contributed by atoms with E-state index >= 15 is 0 Å². The van der Waals surface area contributed by atoms with Gasteiger partial charge in [0.15, 0.2) is 0 Å². The van der Waals surface area contributed by atoms with Crippen LogP contribution in [0.2, 0.25) is 0 Å². The third-order valence-corrected chi connectivity index (χ3v) is 4.87. The van der Waals surface area contributed by atoms with Gasteiger partial charge in [0.25, 0.3) is 0 Å². The van der Waals surface area contributed by atoms with Crippen molar-refractivity contribution in [2.45, 2.75) is 71.3 Å². The van der Waals surface area contributed by atoms with Crippen molar-refractivity contribution in [3.8, 4) is 0 Å². The first-order chi connectivity index (χ1) is 11.7. The Balaban J connectivity index is 1.90. The van der Waals surface area contributed by atoms with Crippen molar-refractivity contribution >= 4 is 5.91 Å². The SMILES string of the molecule is CCN(CC)C(=O)CCCCCCCCC(O)CN1CCOCC1. The predicted octanol–water partition coefficient (Wildman–Crippen LogP) is 2.67. The number of hydrogen-bond acceptors (Lipinski definition) is 4. The standard InChI is InChI=1S/C19H38N2O3/c1-3-21(4-2)19(23)12-10-8-6-5-7-9-11-18(22)17-20-13-15-24-16-14-20/h18,22H,3-17H2,1-2H3. The van der Waals surface area contributed by atoms with Gasteiger partial charge in [-0.3, -0.25) is 9.69 Å². The molecule has 5 heteroatoms. The molecule has 0 aromatic heterocycles. The van der Waals surface area contributed by atoms with E-state index in [0.29, 0.717) is 12.3 Å². The van der Waals surface area contributed by atoms with E-state index in [2.05, 4.69) is 4.90 Å². The number of amides is 1. The number of morpholine rings is 1. The molecule has 1 unspecified atom stereocenters. The van der Waals surface area contributed by atoms with Gasteiger partial charge in [-0.1, -0.05) is 32.1 Å². The fourth-order valence-corrected chi connectivity index (χ4v) is 3.27. The topological polar surface area (TPSA) is 53.0 Å². The van der Waals surface area contributed by atoms with E-state index in [-0.39, 0.29) is 6.10 Å². The molecular formula is C19H38N2O3. The van der Waals surface area contributed by atoms with Crippen LogP contribution in [0.3, 0.4) is 0 Å². The second-order valence-corrected chi connectivity index (χ2v) is 6.79. The largest absolute Gasteiger partial charge is 0.392 e. The third kappa shape index (κ3) is 9.60. The number of ether oxygens (including phenoxy) is 1. The van der Waals surface area contributed by atoms with E-state index in [9.17, 15) is 9.90 Å². The second-order valence-electron chi connectivity index (χ2n) is 6.79. The molecule has 0 radical (unpaired) electrons. The maximum absolute atomic E-state index is 11.9. The second kappa shape index (κ2) is 13.6. The van der Waals surface area contributed by atoms with E-state index in [1.807, 2.05) is 18.7 Å². The highest BCUT2D eigenvalue weighted by Crippen LogP contribution is 2.11. The van der Waals surface area contributed by atoms with E-state index in [1.54, 1.807) is 0 Å². The lowest BCUT2D eigenvalue weighted by Gasteiger charge is -2.28. The van der Waals surface area contributed by atoms with Gasteiger partial charge in [-0.25, -0.2) is 0 Å². The zero-order valence-electron chi connectivity index (χ0n) is 15.8. The van der Waals surface area contributed by atoms with Crippen LogP contribution in [0.1, 0.15) is 65.2 Å². The molecule has 1 amide bonds. The molecule has 1 aliphatic rings. The average Bonchev–Trinajstić information content (AvgIpc) is 2.59. The molecule has 142 valence electrons. The number of carbonyl (C=O) groups is 1. The number of hydrogen-bond donors (Lipinski definition) is 1. The highest BCUT2D eigenvalue weighted by Gasteiger charge is 2.14. The van der Waals surface area contributed by atoms with Crippen molar-refractivity contribution in [1.29, 1.82) is 0 Å². The Morgan fingerprint density at radius 2 is 1.62 bits per heavy atom. The predicted molar refractivity (Wildman–Crippen MR) is 98.1 cm³/mol. The number of carbonyl (C=O) groups excluding carboxylic acids is 1. The maximum atomic E-state index is 11.9. The fraction of sp³-hybridized carbons (Fsp3) is 0.947. The van der Waals surface area contributed by atoms with Crippen molar-refractivity contribution < 1.29 is 14.6 Å². The summed E-state index contributed by atoms with van der Waals surface area (Å²) >= 11 is 0. The molecule has 5 nitrogen and oxygen atoms in total. The molecule has 0 aromatic carbocycles. The molecule has 1 fully saturated rings. The summed E-state index contributed by atoms with van der Waals surface area (Å²) in [4.78, 5) is 16.1. The smallest absolute Gasteiger partial charge is 0.222 e. The summed E-state index contributed by atoms with van der Waals surface area (Å²) in [7, 11) is 0. The average molecular weight is 343 g/mol. The summed E-state index contributed by atoms with van der Waals surface area (Å²) in [6, 6.07) is 0. The molecule has 1 heterocycles. The first-order valence-corrected chi connectivity index (χ1v) is 9.93. The quantitative estimate of drug-likeness (QED) is 0.523. The van der Waals surface area contributed by atoms with Crippen LogP contribution in [0, 0.1) is 0 Å². The Bertz CT molecular complexity index is 316. The fourth-order valence-electron chi connectivity index (χ4n) is 3.27. The number of nitrogens with zero attached hydrogens (tertiary/aromatic N) is 2. The van der Waals surface area contributed by atoms with Crippen LogP contribution in [-0.2, 0) is 9.53 Å². The van der Waals surface area contributed by atoms with E-state index < -0.39 is 0 Å². The Hall–Kier alpha value is -0.650. The van der Waals surface area contributed by atoms with Crippen LogP contribution in [0.15, 0.2) is 0 Å². The molecule has 1 rings (SSSR count). The van der Waals surface area contributed by atoms with Gasteiger partial charge in [-0.05, 0) is 26.7 Å². The first kappa shape index (κ1) is 21.4. The zero-order chi connectivity index (χ0) is 17.6. The van der Waals surface area contributed by atoms with Gasteiger partial charge in [0.1, 0.15) is 0 Å². The molecular weight excluding hydrogens is 304 g/mol. The Kier molecular flexibility index (Phi) is 12.1. The summed E-state index contributed by atoms with van der Waals surface area (Å²) in [5, 5.41) is 10.1. The molecule has 0 bridgehead atoms. The highest BCUT2D eigenvalue weighted by molar-refractivity contribution is 5.75. The molecule has 1 saturated heterocycles. The molecule has 1 atom stereocenters. The van der Waals surface area contributed by atoms with Crippen molar-refractivity contribution in [2.24, 2.45) is 0 Å². The van der Waals surface area contributed by atoms with Crippen LogP contribution < -0.4 is 0 Å². The molecule has 1 N–H and O–H groups in total. The molecule has 24 heavy (non-hydrogen) atoms. The van der Waals surface area contributed by atoms with Crippen molar-refractivity contribution in [3.63, 3.8) is 0 Å². The summed E-state index contributed by atoms with van der Waals surface area (Å²) < 4.78 is 5.32. The number of aliphatic hydroxyl groups is 1. The third-order valence-electron chi connectivity index (χ3n) is 4.87. The normalized spacial score (nSPS) is 17.0. The molecule has 1 aliphatic heterocycles. The Morgan fingerprint density at radius 3 is 2.25 bits per heavy atom. The van der Waals surface area contributed by atoms with Gasteiger partial charge in [0.05, 0.1) is 19.3 Å². The molecule has 0 saturated carbocycles. The molecule has 0 aliphatic carbocycles. The van der Waals surface area contributed by atoms with E-state index in [0.717, 1.165) is 71.6 Å². The first-order valence-electron chi connectivity index (χ1n) is 9.93. The van der Waals surface area contributed by atoms with E-state index in [4.69, 9.17) is 4.74 Å². The van der Waals surface area contributed by atoms with Gasteiger partial charge >= 0.3 is 0 Å². The summed E-state index contributed by atoms with van der Waals surface area (Å²) in [6.07, 6.45) is 8.24. The minimum absolute atomic E-state index is 0.199. The van der Waals surface area contributed by atoms with Crippen molar-refractivity contribution in [2.75, 3.05) is 45.9 Å². The Labute approximate surface area is 148 Å². The van der Waals surface area contributed by atoms with Gasteiger partial charge in [0, 0.05) is 39.1 Å². The molecule has 0 spiro atoms. The lowest BCUT2D eigenvalue weighted by Crippen LogP contribution is -2.40. The van der Waals surface area contributed by atoms with Crippen LogP contribution in [0.25, 0.3) is 0 Å². The monoisotopic (exact) mass is 342 g/mol. The van der Waals surface area contributed by atoms with Gasteiger partial charge in [0.2, 0.25) is 5.91 Å². The van der Waals surface area contributed by atoms with Gasteiger partial charge < -0.3 is 14.7 Å². The lowest BCUT2D eigenvalue weighted by atomic mass is 10.1. The lowest BCUT2D eigenvalue weighted by molar-refractivity contribution is -0.130. The maximum Gasteiger partial charge on any atom is 0.222 e. The zero-order valence-corrected chi connectivity index (χ0v) is 15.8. The van der Waals surface area contributed by atoms with Crippen molar-refractivity contribution in [1.82, 2.24) is 9.80 Å². The number of aliphatic hydroxyl groups excluding tert-OH is 1. The minimum Gasteiger partial charge on any atom is -0.392 e.